The molecule has 0 saturated carbocycles. The van der Waals surface area contributed by atoms with Crippen LogP contribution in [0, 0.1) is 12.7 Å². The highest BCUT2D eigenvalue weighted by Crippen LogP contribution is 2.25. The average molecular weight is 607 g/mol. The summed E-state index contributed by atoms with van der Waals surface area (Å²) in [6.45, 7) is 6.08. The van der Waals surface area contributed by atoms with Crippen molar-refractivity contribution in [1.29, 1.82) is 0 Å². The van der Waals surface area contributed by atoms with Crippen LogP contribution >= 0.6 is 0 Å². The summed E-state index contributed by atoms with van der Waals surface area (Å²) in [5.74, 6) is -1.55. The van der Waals surface area contributed by atoms with Crippen LogP contribution in [0.15, 0.2) is 54.9 Å². The van der Waals surface area contributed by atoms with Crippen LogP contribution in [0.2, 0.25) is 0 Å². The topological polar surface area (TPSA) is 211 Å². The number of urea groups is 1. The second kappa shape index (κ2) is 14.1. The predicted molar refractivity (Wildman–Crippen MR) is 154 cm³/mol. The molecule has 1 aliphatic rings. The Morgan fingerprint density at radius 3 is 2.39 bits per heavy atom. The van der Waals surface area contributed by atoms with Crippen LogP contribution in [0.3, 0.4) is 0 Å². The van der Waals surface area contributed by atoms with E-state index >= 15 is 0 Å². The van der Waals surface area contributed by atoms with E-state index in [2.05, 4.69) is 36.8 Å². The van der Waals surface area contributed by atoms with E-state index < -0.39 is 17.5 Å². The highest BCUT2D eigenvalue weighted by Gasteiger charge is 2.43. The molecule has 2 aromatic heterocycles. The number of imide groups is 1. The molecule has 2 aromatic carbocycles. The van der Waals surface area contributed by atoms with E-state index in [1.54, 1.807) is 50.2 Å². The summed E-state index contributed by atoms with van der Waals surface area (Å²) in [4.78, 5) is 64.0. The first-order chi connectivity index (χ1) is 20.7. The number of carbonyl (C=O) groups excluding carboxylic acids is 5. The molecule has 15 heteroatoms. The number of nitrogens with zero attached hydrogens (tertiary/aromatic N) is 4. The van der Waals surface area contributed by atoms with E-state index in [9.17, 15) is 28.4 Å². The third kappa shape index (κ3) is 8.04. The van der Waals surface area contributed by atoms with E-state index in [0.29, 0.717) is 16.7 Å². The summed E-state index contributed by atoms with van der Waals surface area (Å²) in [5.41, 5.74) is 6.33. The fourth-order valence-electron chi connectivity index (χ4n) is 4.00. The molecule has 1 atom stereocenters. The van der Waals surface area contributed by atoms with Crippen LogP contribution < -0.4 is 21.7 Å². The average Bonchev–Trinajstić information content (AvgIpc) is 3.56. The second-order valence-electron chi connectivity index (χ2n) is 9.82. The zero-order valence-corrected chi connectivity index (χ0v) is 24.3. The first-order valence-electron chi connectivity index (χ1n) is 13.1. The lowest BCUT2D eigenvalue weighted by Crippen LogP contribution is -2.40. The van der Waals surface area contributed by atoms with Crippen LogP contribution in [-0.4, -0.2) is 54.2 Å². The number of fused-ring (bicyclic) bond motifs is 1. The number of benzene rings is 2. The number of aliphatic hydroxyl groups excluding tert-OH is 1. The monoisotopic (exact) mass is 606 g/mol. The number of aliphatic hydroxyl groups is 1. The Bertz CT molecular complexity index is 1740. The number of primary amides is 1. The van der Waals surface area contributed by atoms with Gasteiger partial charge in [-0.25, -0.2) is 14.2 Å². The van der Waals surface area contributed by atoms with Crippen molar-refractivity contribution in [1.82, 2.24) is 35.5 Å². The maximum Gasteiger partial charge on any atom is 0.322 e. The number of ketones is 1. The van der Waals surface area contributed by atoms with Gasteiger partial charge < -0.3 is 21.5 Å². The Balaban J connectivity index is 0.000000228. The number of amides is 5. The van der Waals surface area contributed by atoms with Crippen molar-refractivity contribution in [2.45, 2.75) is 46.4 Å². The van der Waals surface area contributed by atoms with E-state index in [1.165, 1.54) is 36.8 Å². The number of halogens is 1. The van der Waals surface area contributed by atoms with Crippen molar-refractivity contribution < 1.29 is 33.5 Å². The van der Waals surface area contributed by atoms with Gasteiger partial charge in [-0.05, 0) is 48.2 Å². The van der Waals surface area contributed by atoms with E-state index in [4.69, 9.17) is 5.11 Å². The SMILES string of the molecule is CC(=O)c1cc(C(=O)NCc2ccc(F)c(C)c2)nc2ncnn12.CC(N)=O.CC1(c2cccc(CO)c2)NC(=O)NC1=O. The van der Waals surface area contributed by atoms with Crippen LogP contribution in [0.1, 0.15) is 64.0 Å². The summed E-state index contributed by atoms with van der Waals surface area (Å²) in [7, 11) is 0. The van der Waals surface area contributed by atoms with Crippen molar-refractivity contribution in [3.8, 4) is 0 Å². The lowest BCUT2D eigenvalue weighted by Gasteiger charge is -2.21. The zero-order chi connectivity index (χ0) is 32.6. The van der Waals surface area contributed by atoms with Gasteiger partial charge in [0.25, 0.3) is 17.6 Å². The normalized spacial score (nSPS) is 15.2. The standard InChI is InChI=1S/C16H14FN5O2.C11H12N2O3.C2H5NO/c1-9-5-11(3-4-12(9)17)7-18-15(24)13-6-14(10(2)23)22-16(21-13)19-8-20-22;1-11(9(15)12-10(16)13-11)8-4-2-3-7(5-8)6-14;1-2(3)4/h3-6,8H,7H2,1-2H3,(H,18,24);2-5,14H,6H2,1H3,(H2,12,13,15,16);1H3,(H2,3,4). The number of hydrogen-bond acceptors (Lipinski definition) is 9. The van der Waals surface area contributed by atoms with Gasteiger partial charge in [-0.15, -0.1) is 0 Å². The molecule has 3 heterocycles. The van der Waals surface area contributed by atoms with E-state index in [1.807, 2.05) is 0 Å². The molecule has 0 radical (unpaired) electrons. The zero-order valence-electron chi connectivity index (χ0n) is 24.3. The minimum atomic E-state index is -1.05. The molecule has 0 spiro atoms. The van der Waals surface area contributed by atoms with Crippen molar-refractivity contribution in [3.63, 3.8) is 0 Å². The van der Waals surface area contributed by atoms with Gasteiger partial charge in [-0.1, -0.05) is 36.4 Å². The van der Waals surface area contributed by atoms with Crippen molar-refractivity contribution in [3.05, 3.63) is 94.3 Å². The minimum Gasteiger partial charge on any atom is -0.392 e. The molecular weight excluding hydrogens is 575 g/mol. The van der Waals surface area contributed by atoms with Crippen LogP contribution in [0.5, 0.6) is 0 Å². The third-order valence-corrected chi connectivity index (χ3v) is 6.25. The van der Waals surface area contributed by atoms with Gasteiger partial charge in [-0.3, -0.25) is 24.5 Å². The Labute approximate surface area is 250 Å². The molecule has 44 heavy (non-hydrogen) atoms. The number of aromatic nitrogens is 4. The molecule has 14 nitrogen and oxygen atoms in total. The summed E-state index contributed by atoms with van der Waals surface area (Å²) in [6, 6.07) is 12.4. The molecule has 1 aliphatic heterocycles. The number of rotatable bonds is 6. The maximum atomic E-state index is 13.3. The molecule has 5 rings (SSSR count). The van der Waals surface area contributed by atoms with Crippen molar-refractivity contribution in [2.75, 3.05) is 0 Å². The number of hydrogen-bond donors (Lipinski definition) is 5. The minimum absolute atomic E-state index is 0.0690. The van der Waals surface area contributed by atoms with Gasteiger partial charge in [-0.2, -0.15) is 14.6 Å². The molecular formula is C29H31FN8O6. The number of nitrogens with one attached hydrogen (secondary N) is 3. The number of nitrogens with two attached hydrogens (primary N) is 1. The molecule has 0 bridgehead atoms. The second-order valence-corrected chi connectivity index (χ2v) is 9.82. The van der Waals surface area contributed by atoms with Crippen molar-refractivity contribution in [2.24, 2.45) is 5.73 Å². The molecule has 1 fully saturated rings. The van der Waals surface area contributed by atoms with Crippen LogP contribution in [0.25, 0.3) is 5.78 Å². The highest BCUT2D eigenvalue weighted by molar-refractivity contribution is 6.07. The van der Waals surface area contributed by atoms with Crippen LogP contribution in [0.4, 0.5) is 9.18 Å². The summed E-state index contributed by atoms with van der Waals surface area (Å²) >= 11 is 0. The molecule has 1 saturated heterocycles. The molecule has 4 aromatic rings. The Hall–Kier alpha value is -5.57. The fraction of sp³-hybridized carbons (Fsp3) is 0.241. The lowest BCUT2D eigenvalue weighted by molar-refractivity contribution is -0.123. The quantitative estimate of drug-likeness (QED) is 0.158. The summed E-state index contributed by atoms with van der Waals surface area (Å²) < 4.78 is 14.5. The van der Waals surface area contributed by atoms with Gasteiger partial charge in [0.2, 0.25) is 5.91 Å². The molecule has 230 valence electrons. The van der Waals surface area contributed by atoms with Gasteiger partial charge >= 0.3 is 6.03 Å². The van der Waals surface area contributed by atoms with Gasteiger partial charge in [0, 0.05) is 20.4 Å². The molecule has 5 amide bonds. The van der Waals surface area contributed by atoms with Crippen LogP contribution in [-0.2, 0) is 28.3 Å². The van der Waals surface area contributed by atoms with Crippen molar-refractivity contribution >= 4 is 35.3 Å². The van der Waals surface area contributed by atoms with E-state index in [-0.39, 0.29) is 53.7 Å². The van der Waals surface area contributed by atoms with Gasteiger partial charge in [0.1, 0.15) is 29.1 Å². The number of Topliss-reactive ketones (excluding diaryl/α,β-unsaturated/α-hetero) is 1. The lowest BCUT2D eigenvalue weighted by atomic mass is 9.91. The first kappa shape index (κ1) is 32.9. The Morgan fingerprint density at radius 2 is 1.80 bits per heavy atom. The highest BCUT2D eigenvalue weighted by atomic mass is 19.1. The summed E-state index contributed by atoms with van der Waals surface area (Å²) in [6.07, 6.45) is 1.26. The Kier molecular flexibility index (Phi) is 10.5. The smallest absolute Gasteiger partial charge is 0.322 e. The largest absolute Gasteiger partial charge is 0.392 e. The molecule has 1 unspecified atom stereocenters. The predicted octanol–water partition coefficient (Wildman–Crippen LogP) is 1.43. The number of aryl methyl sites for hydroxylation is 1. The Morgan fingerprint density at radius 1 is 1.09 bits per heavy atom. The molecule has 6 N–H and O–H groups in total. The van der Waals surface area contributed by atoms with Gasteiger partial charge in [0.05, 0.1) is 6.61 Å². The third-order valence-electron chi connectivity index (χ3n) is 6.25. The van der Waals surface area contributed by atoms with E-state index in [0.717, 1.165) is 5.56 Å². The first-order valence-corrected chi connectivity index (χ1v) is 13.1. The summed E-state index contributed by atoms with van der Waals surface area (Å²) in [5, 5.41) is 20.4. The molecule has 0 aliphatic carbocycles. The maximum absolute atomic E-state index is 13.3. The fourth-order valence-corrected chi connectivity index (χ4v) is 4.00. The van der Waals surface area contributed by atoms with Gasteiger partial charge in [0.15, 0.2) is 5.78 Å². The number of carbonyl (C=O) groups is 5.